The molecule has 0 spiro atoms. The molecule has 2 aromatic carbocycles. The molecule has 41 heavy (non-hydrogen) atoms. The average Bonchev–Trinajstić information content (AvgIpc) is 3.11. The summed E-state index contributed by atoms with van der Waals surface area (Å²) in [7, 11) is 0. The van der Waals surface area contributed by atoms with Gasteiger partial charge in [-0.05, 0) is 44.4 Å². The second-order valence-electron chi connectivity index (χ2n) is 10.1. The third-order valence-electron chi connectivity index (χ3n) is 7.29. The first-order valence-corrected chi connectivity index (χ1v) is 13.7. The van der Waals surface area contributed by atoms with E-state index in [1.54, 1.807) is 23.0 Å². The first-order valence-electron chi connectivity index (χ1n) is 13.7. The highest BCUT2D eigenvalue weighted by Crippen LogP contribution is 2.34. The molecule has 2 aromatic heterocycles. The van der Waals surface area contributed by atoms with Crippen LogP contribution in [-0.4, -0.2) is 44.6 Å². The van der Waals surface area contributed by atoms with Crippen molar-refractivity contribution in [1.29, 1.82) is 0 Å². The van der Waals surface area contributed by atoms with Gasteiger partial charge in [-0.25, -0.2) is 14.1 Å². The van der Waals surface area contributed by atoms with E-state index < -0.39 is 23.8 Å². The van der Waals surface area contributed by atoms with Crippen molar-refractivity contribution < 1.29 is 18.7 Å². The summed E-state index contributed by atoms with van der Waals surface area (Å²) < 4.78 is 22.9. The summed E-state index contributed by atoms with van der Waals surface area (Å²) in [6.45, 7) is 4.50. The number of ether oxygens (including phenoxy) is 1. The van der Waals surface area contributed by atoms with E-state index >= 15 is 0 Å². The molecular weight excluding hydrogens is 523 g/mol. The van der Waals surface area contributed by atoms with Crippen LogP contribution in [0.25, 0.3) is 11.3 Å². The van der Waals surface area contributed by atoms with Crippen molar-refractivity contribution in [2.45, 2.75) is 51.9 Å². The molecule has 0 fully saturated rings. The van der Waals surface area contributed by atoms with Crippen molar-refractivity contribution in [3.63, 3.8) is 0 Å². The predicted molar refractivity (Wildman–Crippen MR) is 153 cm³/mol. The lowest BCUT2D eigenvalue weighted by Gasteiger charge is -2.17. The van der Waals surface area contributed by atoms with E-state index in [1.807, 2.05) is 56.3 Å². The Bertz CT molecular complexity index is 1650. The van der Waals surface area contributed by atoms with Crippen LogP contribution in [-0.2, 0) is 11.3 Å². The van der Waals surface area contributed by atoms with Gasteiger partial charge in [-0.15, -0.1) is 0 Å². The number of fused-ring (bicyclic) bond motifs is 2. The number of pyridine rings is 1. The first kappa shape index (κ1) is 26.4. The van der Waals surface area contributed by atoms with E-state index in [-0.39, 0.29) is 17.4 Å². The molecule has 2 N–H and O–H groups in total. The summed E-state index contributed by atoms with van der Waals surface area (Å²) >= 11 is 0. The number of anilines is 1. The summed E-state index contributed by atoms with van der Waals surface area (Å²) in [6.07, 6.45) is 2.69. The molecule has 1 unspecified atom stereocenters. The number of aryl methyl sites for hydroxylation is 2. The minimum Gasteiger partial charge on any atom is -0.474 e. The number of amides is 2. The maximum Gasteiger partial charge on any atom is 0.269 e. The molecule has 0 saturated carbocycles. The molecule has 4 heterocycles. The summed E-state index contributed by atoms with van der Waals surface area (Å²) in [6, 6.07) is 17.4. The molecule has 2 atom stereocenters. The van der Waals surface area contributed by atoms with Crippen LogP contribution in [0.1, 0.15) is 53.4 Å². The molecule has 0 bridgehead atoms. The minimum absolute atomic E-state index is 0.0109. The maximum atomic E-state index is 14.9. The van der Waals surface area contributed by atoms with Crippen LogP contribution >= 0.6 is 0 Å². The summed E-state index contributed by atoms with van der Waals surface area (Å²) in [5.74, 6) is -1.50. The molecule has 0 aliphatic carbocycles. The van der Waals surface area contributed by atoms with E-state index in [4.69, 9.17) is 9.84 Å². The number of halogens is 1. The number of benzodiazepines with no additional fused rings is 1. The summed E-state index contributed by atoms with van der Waals surface area (Å²) in [4.78, 5) is 36.5. The minimum atomic E-state index is -1.35. The highest BCUT2D eigenvalue weighted by atomic mass is 19.1. The van der Waals surface area contributed by atoms with E-state index in [2.05, 4.69) is 20.6 Å². The van der Waals surface area contributed by atoms with Crippen LogP contribution < -0.4 is 15.4 Å². The maximum absolute atomic E-state index is 14.9. The van der Waals surface area contributed by atoms with Crippen LogP contribution in [0.4, 0.5) is 10.1 Å². The standard InChI is InChI=1S/C31H29FN6O3/c1-3-21-11-8-16-38-31(41-21)24(26(37-38)20-15-14-18(2)33-17-20)29(39)36-28-30(40)35-27-22(12-7-13-23(27)32)25(34-28)19-9-5-4-6-10-19/h4-7,9-10,12-15,17,21,28H,3,8,11,16H2,1-2H3,(H,35,40)(H,36,39)/t21?,28-/m1/s1. The lowest BCUT2D eigenvalue weighted by molar-refractivity contribution is -0.117. The lowest BCUT2D eigenvalue weighted by atomic mass is 10.0. The molecule has 6 rings (SSSR count). The summed E-state index contributed by atoms with van der Waals surface area (Å²) in [5, 5.41) is 10.1. The zero-order valence-corrected chi connectivity index (χ0v) is 22.7. The molecule has 208 valence electrons. The van der Waals surface area contributed by atoms with Gasteiger partial charge in [0.25, 0.3) is 11.8 Å². The molecule has 0 saturated heterocycles. The molecule has 2 amide bonds. The number of carbonyl (C=O) groups is 2. The van der Waals surface area contributed by atoms with Crippen LogP contribution in [0.3, 0.4) is 0 Å². The lowest BCUT2D eigenvalue weighted by Crippen LogP contribution is -2.42. The van der Waals surface area contributed by atoms with E-state index in [0.717, 1.165) is 25.0 Å². The number of hydrogen-bond donors (Lipinski definition) is 2. The smallest absolute Gasteiger partial charge is 0.269 e. The zero-order chi connectivity index (χ0) is 28.5. The van der Waals surface area contributed by atoms with E-state index in [1.165, 1.54) is 6.07 Å². The van der Waals surface area contributed by atoms with Crippen molar-refractivity contribution in [3.05, 3.63) is 95.1 Å². The van der Waals surface area contributed by atoms with Crippen LogP contribution in [0.2, 0.25) is 0 Å². The SMILES string of the molecule is CCC1CCCn2nc(-c3ccc(C)nc3)c(C(=O)N[C@H]3N=C(c4ccccc4)c4cccc(F)c4NC3=O)c2O1. The van der Waals surface area contributed by atoms with Crippen molar-refractivity contribution in [1.82, 2.24) is 20.1 Å². The Morgan fingerprint density at radius 1 is 1.12 bits per heavy atom. The normalized spacial score (nSPS) is 18.1. The zero-order valence-electron chi connectivity index (χ0n) is 22.7. The van der Waals surface area contributed by atoms with Gasteiger partial charge in [-0.3, -0.25) is 14.6 Å². The highest BCUT2D eigenvalue weighted by Gasteiger charge is 2.34. The van der Waals surface area contributed by atoms with Gasteiger partial charge < -0.3 is 15.4 Å². The molecule has 4 aromatic rings. The third-order valence-corrected chi connectivity index (χ3v) is 7.29. The summed E-state index contributed by atoms with van der Waals surface area (Å²) in [5.41, 5.74) is 3.56. The number of para-hydroxylation sites is 1. The highest BCUT2D eigenvalue weighted by molar-refractivity contribution is 6.20. The number of hydrogen-bond acceptors (Lipinski definition) is 6. The van der Waals surface area contributed by atoms with Crippen molar-refractivity contribution in [2.24, 2.45) is 4.99 Å². The number of benzene rings is 2. The molecule has 0 radical (unpaired) electrons. The molecular formula is C31H29FN6O3. The second kappa shape index (κ2) is 11.0. The topological polar surface area (TPSA) is 111 Å². The first-order chi connectivity index (χ1) is 19.9. The average molecular weight is 553 g/mol. The molecule has 10 heteroatoms. The number of rotatable bonds is 5. The van der Waals surface area contributed by atoms with Gasteiger partial charge >= 0.3 is 0 Å². The van der Waals surface area contributed by atoms with Gasteiger partial charge in [0.05, 0.1) is 11.4 Å². The monoisotopic (exact) mass is 552 g/mol. The Morgan fingerprint density at radius 3 is 2.71 bits per heavy atom. The van der Waals surface area contributed by atoms with Gasteiger partial charge in [0.15, 0.2) is 0 Å². The fourth-order valence-electron chi connectivity index (χ4n) is 5.12. The third kappa shape index (κ3) is 5.08. The van der Waals surface area contributed by atoms with Crippen molar-refractivity contribution >= 4 is 23.2 Å². The van der Waals surface area contributed by atoms with Crippen LogP contribution in [0.5, 0.6) is 5.88 Å². The van der Waals surface area contributed by atoms with Crippen LogP contribution in [0.15, 0.2) is 71.9 Å². The Kier molecular flexibility index (Phi) is 7.05. The Labute approximate surface area is 236 Å². The number of carbonyl (C=O) groups excluding carboxylic acids is 2. The fourth-order valence-corrected chi connectivity index (χ4v) is 5.12. The van der Waals surface area contributed by atoms with Crippen molar-refractivity contribution in [2.75, 3.05) is 5.32 Å². The Morgan fingerprint density at radius 2 is 1.95 bits per heavy atom. The van der Waals surface area contributed by atoms with Gasteiger partial charge in [-0.2, -0.15) is 5.10 Å². The van der Waals surface area contributed by atoms with Gasteiger partial charge in [0, 0.05) is 35.1 Å². The number of nitrogens with one attached hydrogen (secondary N) is 2. The van der Waals surface area contributed by atoms with Crippen molar-refractivity contribution in [3.8, 4) is 17.1 Å². The molecule has 2 aliphatic rings. The van der Waals surface area contributed by atoms with Gasteiger partial charge in [0.1, 0.15) is 23.2 Å². The second-order valence-corrected chi connectivity index (χ2v) is 10.1. The number of aromatic nitrogens is 3. The number of aliphatic imine (C=N–C) groups is 1. The quantitative estimate of drug-likeness (QED) is 0.366. The Hall–Kier alpha value is -4.86. The molecule has 9 nitrogen and oxygen atoms in total. The van der Waals surface area contributed by atoms with Gasteiger partial charge in [-0.1, -0.05) is 49.4 Å². The van der Waals surface area contributed by atoms with E-state index in [0.29, 0.717) is 40.5 Å². The Balaban J connectivity index is 1.44. The van der Waals surface area contributed by atoms with Crippen LogP contribution in [0, 0.1) is 12.7 Å². The predicted octanol–water partition coefficient (Wildman–Crippen LogP) is 4.89. The fraction of sp³-hybridized carbons (Fsp3) is 0.258. The van der Waals surface area contributed by atoms with Gasteiger partial charge in [0.2, 0.25) is 12.0 Å². The van der Waals surface area contributed by atoms with E-state index in [9.17, 15) is 14.0 Å². The number of nitrogens with zero attached hydrogens (tertiary/aromatic N) is 4. The molecule has 2 aliphatic heterocycles. The largest absolute Gasteiger partial charge is 0.474 e.